The van der Waals surface area contributed by atoms with Crippen molar-refractivity contribution >= 4 is 5.69 Å². The molecule has 0 fully saturated rings. The molecule has 0 saturated heterocycles. The van der Waals surface area contributed by atoms with Crippen LogP contribution in [0.5, 0.6) is 5.75 Å². The van der Waals surface area contributed by atoms with Crippen LogP contribution in [-0.2, 0) is 0 Å². The minimum absolute atomic E-state index is 0.340. The van der Waals surface area contributed by atoms with E-state index in [9.17, 15) is 18.3 Å². The second kappa shape index (κ2) is 6.35. The predicted octanol–water partition coefficient (Wildman–Crippen LogP) is 3.53. The Morgan fingerprint density at radius 2 is 1.85 bits per heavy atom. The Hall–Kier alpha value is -1.43. The minimum Gasteiger partial charge on any atom is -0.496 e. The van der Waals surface area contributed by atoms with Gasteiger partial charge >= 0.3 is 6.18 Å². The van der Waals surface area contributed by atoms with E-state index >= 15 is 0 Å². The number of nitrogens with zero attached hydrogens (tertiary/aromatic N) is 1. The number of aliphatic hydroxyl groups excluding tert-OH is 1. The standard InChI is InChI=1S/C14H20F3NO2/c1-9(2)18(8-14(15,16)17)11-6-5-7-12(20-4)13(11)10(3)19/h5-7,9-10,19H,8H2,1-4H3/t10-/m1/s1. The van der Waals surface area contributed by atoms with Crippen LogP contribution in [0.1, 0.15) is 32.4 Å². The molecule has 0 radical (unpaired) electrons. The van der Waals surface area contributed by atoms with Crippen molar-refractivity contribution in [1.82, 2.24) is 0 Å². The van der Waals surface area contributed by atoms with Crippen LogP contribution in [0.25, 0.3) is 0 Å². The highest BCUT2D eigenvalue weighted by molar-refractivity contribution is 5.61. The van der Waals surface area contributed by atoms with Crippen LogP contribution < -0.4 is 9.64 Å². The van der Waals surface area contributed by atoms with E-state index in [0.29, 0.717) is 17.0 Å². The lowest BCUT2D eigenvalue weighted by molar-refractivity contribution is -0.120. The first kappa shape index (κ1) is 16.6. The smallest absolute Gasteiger partial charge is 0.405 e. The number of alkyl halides is 3. The third-order valence-electron chi connectivity index (χ3n) is 2.96. The monoisotopic (exact) mass is 291 g/mol. The van der Waals surface area contributed by atoms with Gasteiger partial charge in [-0.3, -0.25) is 0 Å². The summed E-state index contributed by atoms with van der Waals surface area (Å²) in [7, 11) is 1.43. The van der Waals surface area contributed by atoms with E-state index in [2.05, 4.69) is 0 Å². The lowest BCUT2D eigenvalue weighted by atomic mass is 10.0. The number of benzene rings is 1. The highest BCUT2D eigenvalue weighted by Gasteiger charge is 2.33. The molecule has 1 rings (SSSR count). The molecule has 0 bridgehead atoms. The Morgan fingerprint density at radius 3 is 2.25 bits per heavy atom. The largest absolute Gasteiger partial charge is 0.496 e. The van der Waals surface area contributed by atoms with Gasteiger partial charge in [-0.15, -0.1) is 0 Å². The summed E-state index contributed by atoms with van der Waals surface area (Å²) in [6, 6.07) is 4.45. The van der Waals surface area contributed by atoms with Crippen LogP contribution in [0.15, 0.2) is 18.2 Å². The highest BCUT2D eigenvalue weighted by Crippen LogP contribution is 2.36. The molecule has 1 aromatic carbocycles. The van der Waals surface area contributed by atoms with Crippen molar-refractivity contribution in [2.75, 3.05) is 18.6 Å². The number of ether oxygens (including phenoxy) is 1. The van der Waals surface area contributed by atoms with E-state index in [1.807, 2.05) is 0 Å². The molecule has 1 atom stereocenters. The molecule has 0 aromatic heterocycles. The lowest BCUT2D eigenvalue weighted by Gasteiger charge is -2.32. The van der Waals surface area contributed by atoms with E-state index in [0.717, 1.165) is 0 Å². The van der Waals surface area contributed by atoms with E-state index in [-0.39, 0.29) is 6.04 Å². The SMILES string of the molecule is COc1cccc(N(CC(F)(F)F)C(C)C)c1[C@@H](C)O. The fraction of sp³-hybridized carbons (Fsp3) is 0.571. The van der Waals surface area contributed by atoms with Crippen molar-refractivity contribution in [3.05, 3.63) is 23.8 Å². The molecular weight excluding hydrogens is 271 g/mol. The van der Waals surface area contributed by atoms with Gasteiger partial charge in [0.15, 0.2) is 0 Å². The van der Waals surface area contributed by atoms with Crippen LogP contribution in [0, 0.1) is 0 Å². The summed E-state index contributed by atoms with van der Waals surface area (Å²) in [5, 5.41) is 9.86. The zero-order chi connectivity index (χ0) is 15.5. The van der Waals surface area contributed by atoms with Gasteiger partial charge in [0.25, 0.3) is 0 Å². The minimum atomic E-state index is -4.32. The van der Waals surface area contributed by atoms with Crippen LogP contribution in [0.3, 0.4) is 0 Å². The molecule has 20 heavy (non-hydrogen) atoms. The van der Waals surface area contributed by atoms with E-state index in [1.165, 1.54) is 18.9 Å². The summed E-state index contributed by atoms with van der Waals surface area (Å²) in [4.78, 5) is 1.21. The maximum Gasteiger partial charge on any atom is 0.405 e. The van der Waals surface area contributed by atoms with Crippen LogP contribution in [-0.4, -0.2) is 31.0 Å². The molecule has 0 aliphatic heterocycles. The summed E-state index contributed by atoms with van der Waals surface area (Å²) in [5.41, 5.74) is 0.708. The average Bonchev–Trinajstić information content (AvgIpc) is 2.33. The van der Waals surface area contributed by atoms with Gasteiger partial charge in [-0.25, -0.2) is 0 Å². The van der Waals surface area contributed by atoms with Crippen molar-refractivity contribution in [2.24, 2.45) is 0 Å². The van der Waals surface area contributed by atoms with Crippen molar-refractivity contribution < 1.29 is 23.0 Å². The summed E-state index contributed by atoms with van der Waals surface area (Å²) in [5.74, 6) is 0.380. The summed E-state index contributed by atoms with van der Waals surface area (Å²) < 4.78 is 43.3. The quantitative estimate of drug-likeness (QED) is 0.901. The van der Waals surface area contributed by atoms with Gasteiger partial charge in [-0.2, -0.15) is 13.2 Å². The number of halogens is 3. The first-order valence-corrected chi connectivity index (χ1v) is 6.35. The van der Waals surface area contributed by atoms with Gasteiger partial charge in [-0.1, -0.05) is 6.07 Å². The second-order valence-corrected chi connectivity index (χ2v) is 4.91. The second-order valence-electron chi connectivity index (χ2n) is 4.91. The zero-order valence-corrected chi connectivity index (χ0v) is 12.0. The molecule has 6 heteroatoms. The van der Waals surface area contributed by atoms with Crippen LogP contribution in [0.4, 0.5) is 18.9 Å². The van der Waals surface area contributed by atoms with Gasteiger partial charge < -0.3 is 14.7 Å². The summed E-state index contributed by atoms with van der Waals surface area (Å²) >= 11 is 0. The normalized spacial score (nSPS) is 13.4. The maximum atomic E-state index is 12.7. The summed E-state index contributed by atoms with van der Waals surface area (Å²) in [6.45, 7) is 3.79. The van der Waals surface area contributed by atoms with Gasteiger partial charge in [-0.05, 0) is 32.9 Å². The van der Waals surface area contributed by atoms with Crippen molar-refractivity contribution in [3.8, 4) is 5.75 Å². The fourth-order valence-corrected chi connectivity index (χ4v) is 2.12. The molecule has 0 aliphatic rings. The number of hydrogen-bond donors (Lipinski definition) is 1. The van der Waals surface area contributed by atoms with Crippen molar-refractivity contribution in [1.29, 1.82) is 0 Å². The summed E-state index contributed by atoms with van der Waals surface area (Å²) in [6.07, 6.45) is -5.24. The highest BCUT2D eigenvalue weighted by atomic mass is 19.4. The number of aliphatic hydroxyl groups is 1. The van der Waals surface area contributed by atoms with Gasteiger partial charge in [0.05, 0.1) is 13.2 Å². The molecular formula is C14H20F3NO2. The zero-order valence-electron chi connectivity index (χ0n) is 12.0. The van der Waals surface area contributed by atoms with E-state index < -0.39 is 18.8 Å². The average molecular weight is 291 g/mol. The Kier molecular flexibility index (Phi) is 5.28. The number of methoxy groups -OCH3 is 1. The third-order valence-corrected chi connectivity index (χ3v) is 2.96. The Balaban J connectivity index is 3.33. The number of anilines is 1. The van der Waals surface area contributed by atoms with E-state index in [4.69, 9.17) is 4.74 Å². The topological polar surface area (TPSA) is 32.7 Å². The molecule has 0 amide bonds. The molecule has 0 spiro atoms. The van der Waals surface area contributed by atoms with Gasteiger partial charge in [0, 0.05) is 17.3 Å². The van der Waals surface area contributed by atoms with Crippen molar-refractivity contribution in [2.45, 2.75) is 39.1 Å². The van der Waals surface area contributed by atoms with Crippen LogP contribution in [0.2, 0.25) is 0 Å². The molecule has 0 aliphatic carbocycles. The maximum absolute atomic E-state index is 12.7. The fourth-order valence-electron chi connectivity index (χ4n) is 2.12. The van der Waals surface area contributed by atoms with Crippen LogP contribution >= 0.6 is 0 Å². The molecule has 0 saturated carbocycles. The first-order chi connectivity index (χ1) is 9.17. The Morgan fingerprint density at radius 1 is 1.25 bits per heavy atom. The molecule has 114 valence electrons. The molecule has 0 heterocycles. The number of hydrogen-bond acceptors (Lipinski definition) is 3. The van der Waals surface area contributed by atoms with Gasteiger partial charge in [0.2, 0.25) is 0 Å². The number of rotatable bonds is 5. The Labute approximate surface area is 117 Å². The molecule has 3 nitrogen and oxygen atoms in total. The first-order valence-electron chi connectivity index (χ1n) is 6.35. The lowest BCUT2D eigenvalue weighted by Crippen LogP contribution is -2.39. The molecule has 0 unspecified atom stereocenters. The molecule has 1 aromatic rings. The Bertz CT molecular complexity index is 445. The van der Waals surface area contributed by atoms with Gasteiger partial charge in [0.1, 0.15) is 12.3 Å². The van der Waals surface area contributed by atoms with E-state index in [1.54, 1.807) is 32.0 Å². The predicted molar refractivity (Wildman–Crippen MR) is 72.2 cm³/mol. The third kappa shape index (κ3) is 4.03. The molecule has 1 N–H and O–H groups in total. The van der Waals surface area contributed by atoms with Crippen molar-refractivity contribution in [3.63, 3.8) is 0 Å².